The number of unbranched alkanes of at least 4 members (excludes halogenated alkanes) is 1. The molecule has 0 spiro atoms. The van der Waals surface area contributed by atoms with Gasteiger partial charge in [0.05, 0.1) is 13.2 Å². The van der Waals surface area contributed by atoms with Crippen LogP contribution in [-0.4, -0.2) is 60.1 Å². The minimum atomic E-state index is -1.52. The lowest BCUT2D eigenvalue weighted by Crippen LogP contribution is -2.40. The van der Waals surface area contributed by atoms with Crippen LogP contribution in [0.5, 0.6) is 0 Å². The molecule has 8 heteroatoms. The van der Waals surface area contributed by atoms with E-state index in [1.54, 1.807) is 6.92 Å². The van der Waals surface area contributed by atoms with Gasteiger partial charge in [-0.1, -0.05) is 61.4 Å². The predicted molar refractivity (Wildman–Crippen MR) is 145 cm³/mol. The zero-order chi connectivity index (χ0) is 26.3. The number of halogens is 3. The second kappa shape index (κ2) is 14.2. The van der Waals surface area contributed by atoms with Crippen molar-refractivity contribution in [3.05, 3.63) is 12.2 Å². The Morgan fingerprint density at radius 2 is 2.08 bits per heavy atom. The summed E-state index contributed by atoms with van der Waals surface area (Å²) in [7, 11) is 1.38. The summed E-state index contributed by atoms with van der Waals surface area (Å²) >= 11 is 2.26. The standard InChI is InChI=1S/C28H45F2IO5/c1-5-6-15-28(3,30)22(36-24-12-7-8-16-34-24)14-13-19-18(2)17-21-25(19)26(29)27(35-21)20(31)10-9-11-23(32)33-4/h13-14,18-22,24-27H,5-12,15-17H2,1-4H3/t18-,19+,20?,21-,22-,24?,25-,26+,27+,28?/m1/s1. The van der Waals surface area contributed by atoms with Crippen molar-refractivity contribution in [1.29, 1.82) is 0 Å². The lowest BCUT2D eigenvalue weighted by Gasteiger charge is -2.34. The van der Waals surface area contributed by atoms with E-state index in [-0.39, 0.29) is 33.8 Å². The largest absolute Gasteiger partial charge is 0.469 e. The van der Waals surface area contributed by atoms with E-state index < -0.39 is 30.3 Å². The number of fused-ring (bicyclic) bond motifs is 1. The Hall–Kier alpha value is -0.320. The maximum Gasteiger partial charge on any atom is 0.305 e. The molecular weight excluding hydrogens is 581 g/mol. The van der Waals surface area contributed by atoms with Crippen LogP contribution in [-0.2, 0) is 23.7 Å². The minimum Gasteiger partial charge on any atom is -0.469 e. The van der Waals surface area contributed by atoms with Crippen molar-refractivity contribution in [2.24, 2.45) is 17.8 Å². The van der Waals surface area contributed by atoms with Crippen molar-refractivity contribution in [3.63, 3.8) is 0 Å². The molecule has 10 atom stereocenters. The molecule has 3 rings (SSSR count). The Labute approximate surface area is 229 Å². The molecule has 0 radical (unpaired) electrons. The van der Waals surface area contributed by atoms with Gasteiger partial charge in [-0.05, 0) is 63.7 Å². The predicted octanol–water partition coefficient (Wildman–Crippen LogP) is 6.90. The first-order valence-corrected chi connectivity index (χ1v) is 15.1. The molecule has 0 aromatic rings. The quantitative estimate of drug-likeness (QED) is 0.0965. The first kappa shape index (κ1) is 30.2. The molecule has 0 aromatic carbocycles. The van der Waals surface area contributed by atoms with Crippen molar-refractivity contribution in [1.82, 2.24) is 0 Å². The fraction of sp³-hybridized carbons (Fsp3) is 0.893. The molecule has 1 aliphatic carbocycles. The van der Waals surface area contributed by atoms with Crippen LogP contribution in [0.3, 0.4) is 0 Å². The van der Waals surface area contributed by atoms with Gasteiger partial charge < -0.3 is 18.9 Å². The highest BCUT2D eigenvalue weighted by Gasteiger charge is 2.55. The van der Waals surface area contributed by atoms with Gasteiger partial charge in [-0.2, -0.15) is 0 Å². The third kappa shape index (κ3) is 7.85. The fourth-order valence-corrected chi connectivity index (χ4v) is 6.95. The summed E-state index contributed by atoms with van der Waals surface area (Å²) in [6.45, 7) is 6.44. The van der Waals surface area contributed by atoms with Crippen LogP contribution < -0.4 is 0 Å². The van der Waals surface area contributed by atoms with Crippen LogP contribution in [0.4, 0.5) is 8.78 Å². The highest BCUT2D eigenvalue weighted by atomic mass is 127. The summed E-state index contributed by atoms with van der Waals surface area (Å²) in [6, 6.07) is 0. The molecule has 0 bridgehead atoms. The molecular formula is C28H45F2IO5. The average Bonchev–Trinajstić information content (AvgIpc) is 3.35. The number of esters is 1. The molecule has 5 nitrogen and oxygen atoms in total. The van der Waals surface area contributed by atoms with Gasteiger partial charge in [0.1, 0.15) is 24.0 Å². The molecule has 3 aliphatic rings. The van der Waals surface area contributed by atoms with Crippen LogP contribution in [0.1, 0.15) is 85.0 Å². The number of hydrogen-bond donors (Lipinski definition) is 0. The molecule has 0 aromatic heterocycles. The lowest BCUT2D eigenvalue weighted by atomic mass is 9.84. The number of allylic oxidation sites excluding steroid dienone is 1. The number of carbonyl (C=O) groups excluding carboxylic acids is 1. The van der Waals surface area contributed by atoms with Crippen molar-refractivity contribution in [2.45, 2.75) is 125 Å². The molecule has 2 heterocycles. The lowest BCUT2D eigenvalue weighted by molar-refractivity contribution is -0.201. The Morgan fingerprint density at radius 3 is 2.75 bits per heavy atom. The van der Waals surface area contributed by atoms with E-state index in [1.807, 2.05) is 12.2 Å². The zero-order valence-corrected chi connectivity index (χ0v) is 24.5. The van der Waals surface area contributed by atoms with Crippen LogP contribution in [0.25, 0.3) is 0 Å². The summed E-state index contributed by atoms with van der Waals surface area (Å²) in [6.07, 6.45) is 8.40. The molecule has 0 amide bonds. The normalized spacial score (nSPS) is 35.9. The highest BCUT2D eigenvalue weighted by molar-refractivity contribution is 14.1. The topological polar surface area (TPSA) is 54.0 Å². The van der Waals surface area contributed by atoms with E-state index in [2.05, 4.69) is 36.4 Å². The van der Waals surface area contributed by atoms with E-state index in [1.165, 1.54) is 7.11 Å². The Kier molecular flexibility index (Phi) is 11.9. The Balaban J connectivity index is 1.67. The third-order valence-corrected chi connectivity index (χ3v) is 9.48. The van der Waals surface area contributed by atoms with E-state index in [9.17, 15) is 4.79 Å². The number of carbonyl (C=O) groups is 1. The van der Waals surface area contributed by atoms with Crippen LogP contribution in [0.2, 0.25) is 0 Å². The summed E-state index contributed by atoms with van der Waals surface area (Å²) in [4.78, 5) is 11.4. The molecule has 2 saturated heterocycles. The van der Waals surface area contributed by atoms with Gasteiger partial charge in [0, 0.05) is 22.9 Å². The van der Waals surface area contributed by atoms with Gasteiger partial charge >= 0.3 is 5.97 Å². The van der Waals surface area contributed by atoms with Crippen molar-refractivity contribution < 1.29 is 32.5 Å². The van der Waals surface area contributed by atoms with Gasteiger partial charge in [-0.3, -0.25) is 4.79 Å². The Morgan fingerprint density at radius 1 is 1.31 bits per heavy atom. The first-order valence-electron chi connectivity index (χ1n) is 13.8. The number of ether oxygens (including phenoxy) is 4. The molecule has 1 saturated carbocycles. The zero-order valence-electron chi connectivity index (χ0n) is 22.3. The Bertz CT molecular complexity index is 714. The minimum absolute atomic E-state index is 0.0181. The summed E-state index contributed by atoms with van der Waals surface area (Å²) < 4.78 is 54.4. The molecule has 0 N–H and O–H groups in total. The fourth-order valence-electron chi connectivity index (χ4n) is 5.94. The van der Waals surface area contributed by atoms with Crippen LogP contribution in [0, 0.1) is 17.8 Å². The SMILES string of the molecule is CCCCC(C)(F)[C@@H](C=C[C@@H]1[C@H]2[C@H](F)[C@H](C(I)CCCC(=O)OC)O[C@@H]2C[C@H]1C)OC1CCCCO1. The number of methoxy groups -OCH3 is 1. The van der Waals surface area contributed by atoms with Crippen LogP contribution >= 0.6 is 22.6 Å². The smallest absolute Gasteiger partial charge is 0.305 e. The van der Waals surface area contributed by atoms with E-state index in [0.717, 1.165) is 38.5 Å². The highest BCUT2D eigenvalue weighted by Crippen LogP contribution is 2.50. The maximum absolute atomic E-state index is 15.8. The molecule has 2 aliphatic heterocycles. The van der Waals surface area contributed by atoms with Gasteiger partial charge in [0.25, 0.3) is 0 Å². The second-order valence-electron chi connectivity index (χ2n) is 11.1. The van der Waals surface area contributed by atoms with E-state index in [0.29, 0.717) is 32.3 Å². The number of rotatable bonds is 13. The average molecular weight is 627 g/mol. The summed E-state index contributed by atoms with van der Waals surface area (Å²) in [5, 5.41) is 0. The molecule has 3 unspecified atom stereocenters. The molecule has 3 fully saturated rings. The molecule has 36 heavy (non-hydrogen) atoms. The van der Waals surface area contributed by atoms with Gasteiger partial charge in [0.15, 0.2) is 6.29 Å². The van der Waals surface area contributed by atoms with Crippen molar-refractivity contribution in [3.8, 4) is 0 Å². The van der Waals surface area contributed by atoms with E-state index >= 15 is 8.78 Å². The van der Waals surface area contributed by atoms with Crippen molar-refractivity contribution >= 4 is 28.6 Å². The van der Waals surface area contributed by atoms with E-state index in [4.69, 9.17) is 18.9 Å². The van der Waals surface area contributed by atoms with Crippen LogP contribution in [0.15, 0.2) is 12.2 Å². The number of alkyl halides is 3. The summed E-state index contributed by atoms with van der Waals surface area (Å²) in [5.41, 5.74) is -1.52. The summed E-state index contributed by atoms with van der Waals surface area (Å²) in [5.74, 6) is -0.274. The second-order valence-corrected chi connectivity index (χ2v) is 12.7. The van der Waals surface area contributed by atoms with Gasteiger partial charge in [-0.15, -0.1) is 0 Å². The van der Waals surface area contributed by atoms with Crippen molar-refractivity contribution in [2.75, 3.05) is 13.7 Å². The third-order valence-electron chi connectivity index (χ3n) is 8.15. The van der Waals surface area contributed by atoms with Gasteiger partial charge in [0.2, 0.25) is 0 Å². The number of hydrogen-bond acceptors (Lipinski definition) is 5. The maximum atomic E-state index is 15.8. The first-order chi connectivity index (χ1) is 17.2. The monoisotopic (exact) mass is 626 g/mol. The van der Waals surface area contributed by atoms with Gasteiger partial charge in [-0.25, -0.2) is 8.78 Å². The molecule has 208 valence electrons.